The highest BCUT2D eigenvalue weighted by molar-refractivity contribution is 7.11. The molecule has 0 fully saturated rings. The van der Waals surface area contributed by atoms with Gasteiger partial charge < -0.3 is 14.7 Å². The van der Waals surface area contributed by atoms with Crippen molar-refractivity contribution < 1.29 is 9.84 Å². The number of aliphatic hydroxyl groups is 1. The topological polar surface area (TPSA) is 69.4 Å². The fourth-order valence-electron chi connectivity index (χ4n) is 2.44. The zero-order valence-corrected chi connectivity index (χ0v) is 13.3. The molecule has 1 aliphatic heterocycles. The Hall–Kier alpha value is -2.34. The van der Waals surface area contributed by atoms with Gasteiger partial charge in [0.05, 0.1) is 24.4 Å². The second kappa shape index (κ2) is 5.81. The summed E-state index contributed by atoms with van der Waals surface area (Å²) < 4.78 is 5.63. The summed E-state index contributed by atoms with van der Waals surface area (Å²) in [5.74, 6) is 1.13. The van der Waals surface area contributed by atoms with Crippen LogP contribution in [0.4, 0.5) is 5.69 Å². The molecule has 2 heterocycles. The van der Waals surface area contributed by atoms with Crippen molar-refractivity contribution in [2.75, 3.05) is 18.1 Å². The fourth-order valence-corrected chi connectivity index (χ4v) is 3.30. The highest BCUT2D eigenvalue weighted by Crippen LogP contribution is 2.36. The van der Waals surface area contributed by atoms with Crippen molar-refractivity contribution >= 4 is 28.4 Å². The maximum Gasteiger partial charge on any atom is 0.142 e. The van der Waals surface area contributed by atoms with Crippen molar-refractivity contribution in [2.45, 2.75) is 13.8 Å². The summed E-state index contributed by atoms with van der Waals surface area (Å²) >= 11 is 1.44. The van der Waals surface area contributed by atoms with E-state index in [1.165, 1.54) is 11.3 Å². The fraction of sp³-hybridized carbons (Fsp3) is 0.250. The van der Waals surface area contributed by atoms with Crippen LogP contribution in [0.3, 0.4) is 0 Å². The molecule has 0 atom stereocenters. The molecule has 2 aromatic rings. The Kier molecular flexibility index (Phi) is 3.85. The van der Waals surface area contributed by atoms with Gasteiger partial charge in [0.2, 0.25) is 0 Å². The molecular formula is C16H17N3O2S. The van der Waals surface area contributed by atoms with Crippen LogP contribution in [-0.2, 0) is 0 Å². The molecule has 0 spiro atoms. The van der Waals surface area contributed by atoms with E-state index in [-0.39, 0.29) is 18.1 Å². The van der Waals surface area contributed by atoms with Crippen LogP contribution < -0.4 is 9.64 Å². The summed E-state index contributed by atoms with van der Waals surface area (Å²) in [5, 5.41) is 21.3. The van der Waals surface area contributed by atoms with Crippen molar-refractivity contribution in [3.8, 4) is 5.75 Å². The van der Waals surface area contributed by atoms with Crippen LogP contribution in [-0.4, -0.2) is 29.1 Å². The molecule has 6 heteroatoms. The Morgan fingerprint density at radius 1 is 1.41 bits per heavy atom. The SMILES string of the molecule is CCOc1ccccc1N1CC(O)=C(c2nc(C)cs2)C1=N. The van der Waals surface area contributed by atoms with Gasteiger partial charge in [-0.3, -0.25) is 5.41 Å². The van der Waals surface area contributed by atoms with Crippen molar-refractivity contribution in [3.63, 3.8) is 0 Å². The van der Waals surface area contributed by atoms with Crippen LogP contribution in [0.25, 0.3) is 5.57 Å². The first-order valence-electron chi connectivity index (χ1n) is 7.04. The van der Waals surface area contributed by atoms with Gasteiger partial charge in [-0.25, -0.2) is 4.98 Å². The normalized spacial score (nSPS) is 14.8. The van der Waals surface area contributed by atoms with Gasteiger partial charge in [0.15, 0.2) is 0 Å². The lowest BCUT2D eigenvalue weighted by Gasteiger charge is -2.21. The van der Waals surface area contributed by atoms with Gasteiger partial charge in [0.25, 0.3) is 0 Å². The maximum absolute atomic E-state index is 10.3. The Morgan fingerprint density at radius 2 is 2.18 bits per heavy atom. The smallest absolute Gasteiger partial charge is 0.142 e. The van der Waals surface area contributed by atoms with E-state index in [0.717, 1.165) is 11.4 Å². The number of thiazole rings is 1. The number of aromatic nitrogens is 1. The second-order valence-electron chi connectivity index (χ2n) is 4.95. The number of anilines is 1. The van der Waals surface area contributed by atoms with Crippen molar-refractivity contribution in [2.24, 2.45) is 0 Å². The van der Waals surface area contributed by atoms with Gasteiger partial charge in [-0.05, 0) is 26.0 Å². The van der Waals surface area contributed by atoms with E-state index in [1.54, 1.807) is 4.90 Å². The monoisotopic (exact) mass is 315 g/mol. The molecule has 22 heavy (non-hydrogen) atoms. The summed E-state index contributed by atoms with van der Waals surface area (Å²) in [6.07, 6.45) is 0. The number of para-hydroxylation sites is 2. The molecule has 0 unspecified atom stereocenters. The Morgan fingerprint density at radius 3 is 2.86 bits per heavy atom. The number of aliphatic hydroxyl groups excluding tert-OH is 1. The number of hydrogen-bond acceptors (Lipinski definition) is 5. The Bertz CT molecular complexity index is 751. The van der Waals surface area contributed by atoms with Gasteiger partial charge in [0, 0.05) is 11.1 Å². The second-order valence-corrected chi connectivity index (χ2v) is 5.81. The highest BCUT2D eigenvalue weighted by Gasteiger charge is 2.32. The summed E-state index contributed by atoms with van der Waals surface area (Å²) in [4.78, 5) is 6.12. The van der Waals surface area contributed by atoms with E-state index in [1.807, 2.05) is 43.5 Å². The van der Waals surface area contributed by atoms with Crippen LogP contribution >= 0.6 is 11.3 Å². The van der Waals surface area contributed by atoms with Gasteiger partial charge in [-0.1, -0.05) is 12.1 Å². The molecule has 0 aliphatic carbocycles. The third kappa shape index (κ3) is 2.46. The lowest BCUT2D eigenvalue weighted by Crippen LogP contribution is -2.26. The van der Waals surface area contributed by atoms with Crippen LogP contribution in [0.1, 0.15) is 17.6 Å². The number of benzene rings is 1. The summed E-state index contributed by atoms with van der Waals surface area (Å²) in [5.41, 5.74) is 2.18. The van der Waals surface area contributed by atoms with Gasteiger partial charge in [-0.15, -0.1) is 11.3 Å². The number of hydrogen-bond donors (Lipinski definition) is 2. The molecule has 1 aromatic carbocycles. The average Bonchev–Trinajstić information content (AvgIpc) is 3.03. The average molecular weight is 315 g/mol. The van der Waals surface area contributed by atoms with E-state index in [9.17, 15) is 5.11 Å². The zero-order valence-electron chi connectivity index (χ0n) is 12.5. The van der Waals surface area contributed by atoms with Gasteiger partial charge in [0.1, 0.15) is 22.4 Å². The zero-order chi connectivity index (χ0) is 15.7. The molecule has 0 saturated carbocycles. The van der Waals surface area contributed by atoms with Crippen LogP contribution in [0.15, 0.2) is 35.4 Å². The molecule has 0 bridgehead atoms. The molecule has 0 saturated heterocycles. The molecule has 5 nitrogen and oxygen atoms in total. The maximum atomic E-state index is 10.3. The number of nitrogens with one attached hydrogen (secondary N) is 1. The van der Waals surface area contributed by atoms with E-state index in [2.05, 4.69) is 4.98 Å². The van der Waals surface area contributed by atoms with Crippen LogP contribution in [0.2, 0.25) is 0 Å². The van der Waals surface area contributed by atoms with E-state index < -0.39 is 0 Å². The van der Waals surface area contributed by atoms with Gasteiger partial charge >= 0.3 is 0 Å². The predicted octanol–water partition coefficient (Wildman–Crippen LogP) is 3.62. The molecule has 0 radical (unpaired) electrons. The minimum atomic E-state index is 0.172. The summed E-state index contributed by atoms with van der Waals surface area (Å²) in [6, 6.07) is 7.55. The van der Waals surface area contributed by atoms with Gasteiger partial charge in [-0.2, -0.15) is 0 Å². The Labute approximate surface area is 133 Å². The molecule has 3 rings (SSSR count). The third-order valence-corrected chi connectivity index (χ3v) is 4.37. The third-order valence-electron chi connectivity index (χ3n) is 3.39. The highest BCUT2D eigenvalue weighted by atomic mass is 32.1. The molecule has 1 aromatic heterocycles. The standard InChI is InChI=1S/C16H17N3O2S/c1-3-21-13-7-5-4-6-11(13)19-8-12(20)14(15(19)17)16-18-10(2)9-22-16/h4-7,9,17,20H,3,8H2,1-2H3. The predicted molar refractivity (Wildman–Crippen MR) is 89.1 cm³/mol. The van der Waals surface area contributed by atoms with Crippen molar-refractivity contribution in [1.29, 1.82) is 5.41 Å². The van der Waals surface area contributed by atoms with E-state index >= 15 is 0 Å². The number of rotatable bonds is 4. The van der Waals surface area contributed by atoms with E-state index in [4.69, 9.17) is 10.1 Å². The van der Waals surface area contributed by atoms with Crippen LogP contribution in [0.5, 0.6) is 5.75 Å². The lowest BCUT2D eigenvalue weighted by atomic mass is 10.2. The van der Waals surface area contributed by atoms with Crippen molar-refractivity contribution in [3.05, 3.63) is 46.1 Å². The molecule has 0 amide bonds. The first-order chi connectivity index (χ1) is 10.6. The minimum Gasteiger partial charge on any atom is -0.510 e. The first-order valence-corrected chi connectivity index (χ1v) is 7.92. The first kappa shape index (κ1) is 14.6. The van der Waals surface area contributed by atoms with E-state index in [0.29, 0.717) is 22.9 Å². The molecule has 2 N–H and O–H groups in total. The number of amidine groups is 1. The quantitative estimate of drug-likeness (QED) is 0.904. The number of nitrogens with zero attached hydrogens (tertiary/aromatic N) is 2. The largest absolute Gasteiger partial charge is 0.510 e. The Balaban J connectivity index is 1.96. The number of ether oxygens (including phenoxy) is 1. The molecular weight excluding hydrogens is 298 g/mol. The van der Waals surface area contributed by atoms with Crippen LogP contribution in [0, 0.1) is 12.3 Å². The summed E-state index contributed by atoms with van der Waals surface area (Å²) in [7, 11) is 0. The minimum absolute atomic E-state index is 0.172. The number of aryl methyl sites for hydroxylation is 1. The molecule has 114 valence electrons. The lowest BCUT2D eigenvalue weighted by molar-refractivity contribution is 0.341. The molecule has 1 aliphatic rings. The summed E-state index contributed by atoms with van der Waals surface area (Å²) in [6.45, 7) is 4.64. The van der Waals surface area contributed by atoms with Crippen molar-refractivity contribution in [1.82, 2.24) is 4.98 Å².